The lowest BCUT2D eigenvalue weighted by atomic mass is 9.95. The van der Waals surface area contributed by atoms with Gasteiger partial charge in [0.1, 0.15) is 6.61 Å². The van der Waals surface area contributed by atoms with Crippen LogP contribution >= 0.6 is 0 Å². The molecule has 3 aromatic carbocycles. The molecule has 1 aliphatic rings. The largest absolute Gasteiger partial charge is 0.493 e. The molecule has 5 nitrogen and oxygen atoms in total. The lowest BCUT2D eigenvalue weighted by molar-refractivity contribution is -0.277. The van der Waals surface area contributed by atoms with Crippen molar-refractivity contribution in [3.8, 4) is 11.5 Å². The topological polar surface area (TPSA) is 49.0 Å². The highest BCUT2D eigenvalue weighted by Crippen LogP contribution is 2.39. The summed E-state index contributed by atoms with van der Waals surface area (Å²) in [7, 11) is 1.65. The number of hydrogen-bond donors (Lipinski definition) is 1. The standard InChI is InChI=1S/C26H29NO4/c1-28-24-14-8-9-15-25(24)29-19-17-27-20-23-16-18-30-26(31-23,21-10-4-2-5-11-21)22-12-6-3-7-13-22/h2-15,23,27H,16-20H2,1H3. The van der Waals surface area contributed by atoms with E-state index < -0.39 is 5.79 Å². The third-order valence-corrected chi connectivity index (χ3v) is 5.36. The third-order valence-electron chi connectivity index (χ3n) is 5.36. The van der Waals surface area contributed by atoms with Crippen LogP contribution in [0.25, 0.3) is 0 Å². The van der Waals surface area contributed by atoms with Crippen molar-refractivity contribution >= 4 is 0 Å². The first-order valence-corrected chi connectivity index (χ1v) is 10.7. The highest BCUT2D eigenvalue weighted by atomic mass is 16.7. The quantitative estimate of drug-likeness (QED) is 0.522. The van der Waals surface area contributed by atoms with Crippen molar-refractivity contribution in [2.45, 2.75) is 18.3 Å². The van der Waals surface area contributed by atoms with Gasteiger partial charge in [-0.05, 0) is 18.6 Å². The molecule has 0 aromatic heterocycles. The Kier molecular flexibility index (Phi) is 7.20. The van der Waals surface area contributed by atoms with Gasteiger partial charge in [0.05, 0.1) is 19.8 Å². The van der Waals surface area contributed by atoms with Crippen LogP contribution in [0, 0.1) is 0 Å². The molecule has 1 heterocycles. The molecule has 0 spiro atoms. The van der Waals surface area contributed by atoms with Gasteiger partial charge in [-0.15, -0.1) is 0 Å². The van der Waals surface area contributed by atoms with E-state index >= 15 is 0 Å². The predicted octanol–water partition coefficient (Wildman–Crippen LogP) is 4.37. The molecule has 0 amide bonds. The summed E-state index contributed by atoms with van der Waals surface area (Å²) in [6.07, 6.45) is 0.863. The van der Waals surface area contributed by atoms with Crippen molar-refractivity contribution in [1.29, 1.82) is 0 Å². The minimum Gasteiger partial charge on any atom is -0.493 e. The van der Waals surface area contributed by atoms with E-state index in [9.17, 15) is 0 Å². The average molecular weight is 420 g/mol. The zero-order chi connectivity index (χ0) is 21.4. The second-order valence-corrected chi connectivity index (χ2v) is 7.43. The first kappa shape index (κ1) is 21.4. The summed E-state index contributed by atoms with van der Waals surface area (Å²) in [5, 5.41) is 3.46. The number of hydrogen-bond acceptors (Lipinski definition) is 5. The average Bonchev–Trinajstić information content (AvgIpc) is 2.85. The van der Waals surface area contributed by atoms with Crippen LogP contribution in [0.4, 0.5) is 0 Å². The summed E-state index contributed by atoms with van der Waals surface area (Å²) in [6.45, 7) is 2.61. The highest BCUT2D eigenvalue weighted by molar-refractivity contribution is 5.39. The summed E-state index contributed by atoms with van der Waals surface area (Å²) in [4.78, 5) is 0. The normalized spacial score (nSPS) is 17.8. The van der Waals surface area contributed by atoms with Gasteiger partial charge in [0.25, 0.3) is 0 Å². The molecule has 31 heavy (non-hydrogen) atoms. The van der Waals surface area contributed by atoms with Crippen LogP contribution < -0.4 is 14.8 Å². The summed E-state index contributed by atoms with van der Waals surface area (Å²) in [5.41, 5.74) is 2.01. The van der Waals surface area contributed by atoms with Gasteiger partial charge < -0.3 is 24.3 Å². The van der Waals surface area contributed by atoms with Crippen molar-refractivity contribution in [2.24, 2.45) is 0 Å². The third kappa shape index (κ3) is 5.07. The Bertz CT molecular complexity index is 893. The first-order chi connectivity index (χ1) is 15.3. The number of ether oxygens (including phenoxy) is 4. The molecule has 0 radical (unpaired) electrons. The van der Waals surface area contributed by atoms with Crippen LogP contribution in [0.15, 0.2) is 84.9 Å². The number of nitrogens with one attached hydrogen (secondary N) is 1. The fraction of sp³-hybridized carbons (Fsp3) is 0.308. The first-order valence-electron chi connectivity index (χ1n) is 10.7. The van der Waals surface area contributed by atoms with Crippen molar-refractivity contribution in [2.75, 3.05) is 33.4 Å². The fourth-order valence-electron chi connectivity index (χ4n) is 3.82. The van der Waals surface area contributed by atoms with Gasteiger partial charge in [-0.3, -0.25) is 0 Å². The maximum Gasteiger partial charge on any atom is 0.222 e. The van der Waals surface area contributed by atoms with Crippen LogP contribution in [-0.2, 0) is 15.3 Å². The Morgan fingerprint density at radius 1 is 0.871 bits per heavy atom. The SMILES string of the molecule is COc1ccccc1OCCNCC1CCOC(c2ccccc2)(c2ccccc2)O1. The van der Waals surface area contributed by atoms with Crippen molar-refractivity contribution < 1.29 is 18.9 Å². The minimum absolute atomic E-state index is 0.0282. The Morgan fingerprint density at radius 2 is 1.48 bits per heavy atom. The molecular weight excluding hydrogens is 390 g/mol. The highest BCUT2D eigenvalue weighted by Gasteiger charge is 2.41. The van der Waals surface area contributed by atoms with E-state index in [0.29, 0.717) is 19.8 Å². The van der Waals surface area contributed by atoms with E-state index in [4.69, 9.17) is 18.9 Å². The van der Waals surface area contributed by atoms with Gasteiger partial charge >= 0.3 is 0 Å². The maximum atomic E-state index is 6.60. The molecule has 1 atom stereocenters. The fourth-order valence-corrected chi connectivity index (χ4v) is 3.82. The smallest absolute Gasteiger partial charge is 0.222 e. The van der Waals surface area contributed by atoms with E-state index in [1.165, 1.54) is 0 Å². The zero-order valence-corrected chi connectivity index (χ0v) is 17.8. The molecule has 1 aliphatic heterocycles. The monoisotopic (exact) mass is 419 g/mol. The van der Waals surface area contributed by atoms with Gasteiger partial charge in [0, 0.05) is 24.2 Å². The second-order valence-electron chi connectivity index (χ2n) is 7.43. The van der Waals surface area contributed by atoms with Crippen LogP contribution in [0.2, 0.25) is 0 Å². The molecule has 162 valence electrons. The summed E-state index contributed by atoms with van der Waals surface area (Å²) < 4.78 is 24.1. The summed E-state index contributed by atoms with van der Waals surface area (Å²) in [5.74, 6) is 0.605. The molecule has 1 fully saturated rings. The van der Waals surface area contributed by atoms with E-state index in [1.807, 2.05) is 60.7 Å². The van der Waals surface area contributed by atoms with E-state index in [0.717, 1.165) is 35.6 Å². The molecule has 0 aliphatic carbocycles. The van der Waals surface area contributed by atoms with Crippen molar-refractivity contribution in [1.82, 2.24) is 5.32 Å². The number of para-hydroxylation sites is 2. The van der Waals surface area contributed by atoms with Crippen molar-refractivity contribution in [3.05, 3.63) is 96.1 Å². The van der Waals surface area contributed by atoms with E-state index in [2.05, 4.69) is 29.6 Å². The number of rotatable bonds is 9. The Hall–Kier alpha value is -2.86. The molecule has 0 bridgehead atoms. The predicted molar refractivity (Wildman–Crippen MR) is 120 cm³/mol. The maximum absolute atomic E-state index is 6.60. The molecular formula is C26H29NO4. The molecule has 5 heteroatoms. The molecule has 1 N–H and O–H groups in total. The lowest BCUT2D eigenvalue weighted by Crippen LogP contribution is -2.47. The van der Waals surface area contributed by atoms with Gasteiger partial charge in [-0.25, -0.2) is 0 Å². The minimum atomic E-state index is -0.888. The molecule has 1 saturated heterocycles. The number of methoxy groups -OCH3 is 1. The summed E-state index contributed by atoms with van der Waals surface area (Å²) >= 11 is 0. The molecule has 1 unspecified atom stereocenters. The Balaban J connectivity index is 1.37. The van der Waals surface area contributed by atoms with Gasteiger partial charge in [-0.2, -0.15) is 0 Å². The Labute approximate surface area is 183 Å². The number of benzene rings is 3. The van der Waals surface area contributed by atoms with E-state index in [-0.39, 0.29) is 6.10 Å². The van der Waals surface area contributed by atoms with Gasteiger partial charge in [0.2, 0.25) is 5.79 Å². The molecule has 0 saturated carbocycles. The van der Waals surface area contributed by atoms with Crippen LogP contribution in [0.1, 0.15) is 17.5 Å². The Morgan fingerprint density at radius 3 is 2.13 bits per heavy atom. The van der Waals surface area contributed by atoms with E-state index in [1.54, 1.807) is 7.11 Å². The van der Waals surface area contributed by atoms with Gasteiger partial charge in [0.15, 0.2) is 11.5 Å². The van der Waals surface area contributed by atoms with Gasteiger partial charge in [-0.1, -0.05) is 72.8 Å². The van der Waals surface area contributed by atoms with Crippen LogP contribution in [-0.4, -0.2) is 39.5 Å². The lowest BCUT2D eigenvalue weighted by Gasteiger charge is -2.42. The molecule has 4 rings (SSSR count). The second kappa shape index (κ2) is 10.4. The summed E-state index contributed by atoms with van der Waals surface area (Å²) in [6, 6.07) is 28.0. The van der Waals surface area contributed by atoms with Crippen LogP contribution in [0.5, 0.6) is 11.5 Å². The van der Waals surface area contributed by atoms with Crippen molar-refractivity contribution in [3.63, 3.8) is 0 Å². The molecule has 3 aromatic rings. The van der Waals surface area contributed by atoms with Crippen LogP contribution in [0.3, 0.4) is 0 Å². The zero-order valence-electron chi connectivity index (χ0n) is 17.8.